The van der Waals surface area contributed by atoms with Gasteiger partial charge in [-0.25, -0.2) is 0 Å². The lowest BCUT2D eigenvalue weighted by atomic mass is 9.97. The van der Waals surface area contributed by atoms with E-state index in [1.54, 1.807) is 7.05 Å². The SMILES string of the molecule is CN=C(NCCc1cccc(C)c1)N1CCC(C(=O)OC)CC1. The molecule has 0 spiro atoms. The summed E-state index contributed by atoms with van der Waals surface area (Å²) in [6, 6.07) is 8.57. The number of hydrogen-bond acceptors (Lipinski definition) is 3. The molecule has 0 aromatic heterocycles. The van der Waals surface area contributed by atoms with Crippen LogP contribution in [0.25, 0.3) is 0 Å². The van der Waals surface area contributed by atoms with Gasteiger partial charge in [0.1, 0.15) is 0 Å². The lowest BCUT2D eigenvalue weighted by molar-refractivity contribution is -0.146. The number of nitrogens with zero attached hydrogens (tertiary/aromatic N) is 2. The lowest BCUT2D eigenvalue weighted by Crippen LogP contribution is -2.47. The van der Waals surface area contributed by atoms with Crippen LogP contribution in [0.4, 0.5) is 0 Å². The van der Waals surface area contributed by atoms with E-state index in [0.29, 0.717) is 0 Å². The molecule has 126 valence electrons. The monoisotopic (exact) mass is 317 g/mol. The number of likely N-dealkylation sites (tertiary alicyclic amines) is 1. The van der Waals surface area contributed by atoms with Crippen LogP contribution in [-0.4, -0.2) is 50.6 Å². The predicted molar refractivity (Wildman–Crippen MR) is 92.6 cm³/mol. The zero-order valence-electron chi connectivity index (χ0n) is 14.3. The van der Waals surface area contributed by atoms with Crippen LogP contribution in [0.5, 0.6) is 0 Å². The first-order valence-electron chi connectivity index (χ1n) is 8.23. The third-order valence-electron chi connectivity index (χ3n) is 4.32. The Balaban J connectivity index is 1.79. The van der Waals surface area contributed by atoms with E-state index in [0.717, 1.165) is 44.9 Å². The van der Waals surface area contributed by atoms with Gasteiger partial charge in [0.25, 0.3) is 0 Å². The van der Waals surface area contributed by atoms with Crippen LogP contribution in [0.15, 0.2) is 29.3 Å². The number of esters is 1. The summed E-state index contributed by atoms with van der Waals surface area (Å²) < 4.78 is 4.83. The Morgan fingerprint density at radius 2 is 2.13 bits per heavy atom. The van der Waals surface area contributed by atoms with Crippen molar-refractivity contribution < 1.29 is 9.53 Å². The molecule has 1 aromatic rings. The molecule has 0 saturated carbocycles. The highest BCUT2D eigenvalue weighted by Crippen LogP contribution is 2.18. The molecule has 1 aromatic carbocycles. The van der Waals surface area contributed by atoms with Crippen molar-refractivity contribution in [3.05, 3.63) is 35.4 Å². The van der Waals surface area contributed by atoms with Crippen LogP contribution in [0.3, 0.4) is 0 Å². The molecule has 0 aliphatic carbocycles. The molecule has 1 fully saturated rings. The Bertz CT molecular complexity index is 549. The summed E-state index contributed by atoms with van der Waals surface area (Å²) in [5, 5.41) is 3.42. The van der Waals surface area contributed by atoms with Gasteiger partial charge < -0.3 is 15.0 Å². The first kappa shape index (κ1) is 17.3. The number of nitrogens with one attached hydrogen (secondary N) is 1. The normalized spacial score (nSPS) is 16.3. The molecule has 1 aliphatic rings. The Kier molecular flexibility index (Phi) is 6.44. The zero-order valence-corrected chi connectivity index (χ0v) is 14.3. The van der Waals surface area contributed by atoms with Gasteiger partial charge >= 0.3 is 5.97 Å². The lowest BCUT2D eigenvalue weighted by Gasteiger charge is -2.33. The summed E-state index contributed by atoms with van der Waals surface area (Å²) in [5.74, 6) is 0.856. The molecular weight excluding hydrogens is 290 g/mol. The van der Waals surface area contributed by atoms with Crippen molar-refractivity contribution in [2.24, 2.45) is 10.9 Å². The summed E-state index contributed by atoms with van der Waals surface area (Å²) in [7, 11) is 3.27. The maximum absolute atomic E-state index is 11.6. The Morgan fingerprint density at radius 1 is 1.39 bits per heavy atom. The van der Waals surface area contributed by atoms with Gasteiger partial charge in [0, 0.05) is 26.7 Å². The number of aliphatic imine (C=N–C) groups is 1. The van der Waals surface area contributed by atoms with Crippen LogP contribution in [0, 0.1) is 12.8 Å². The fraction of sp³-hybridized carbons (Fsp3) is 0.556. The second-order valence-corrected chi connectivity index (χ2v) is 6.00. The van der Waals surface area contributed by atoms with Gasteiger partial charge in [0.05, 0.1) is 13.0 Å². The topological polar surface area (TPSA) is 53.9 Å². The number of carbonyl (C=O) groups is 1. The highest BCUT2D eigenvalue weighted by Gasteiger charge is 2.26. The van der Waals surface area contributed by atoms with E-state index in [-0.39, 0.29) is 11.9 Å². The number of guanidine groups is 1. The molecule has 1 heterocycles. The number of piperidine rings is 1. The molecule has 1 aliphatic heterocycles. The number of carbonyl (C=O) groups excluding carboxylic acids is 1. The van der Waals surface area contributed by atoms with Crippen molar-refractivity contribution in [1.29, 1.82) is 0 Å². The predicted octanol–water partition coefficient (Wildman–Crippen LogP) is 2.00. The number of rotatable bonds is 4. The molecule has 1 N–H and O–H groups in total. The minimum Gasteiger partial charge on any atom is -0.469 e. The van der Waals surface area contributed by atoms with Crippen LogP contribution in [-0.2, 0) is 16.0 Å². The molecule has 0 bridgehead atoms. The van der Waals surface area contributed by atoms with Crippen LogP contribution in [0.1, 0.15) is 24.0 Å². The van der Waals surface area contributed by atoms with Gasteiger partial charge in [0.15, 0.2) is 5.96 Å². The van der Waals surface area contributed by atoms with E-state index in [9.17, 15) is 4.79 Å². The first-order valence-corrected chi connectivity index (χ1v) is 8.23. The van der Waals surface area contributed by atoms with Crippen molar-refractivity contribution in [3.8, 4) is 0 Å². The van der Waals surface area contributed by atoms with Gasteiger partial charge in [-0.1, -0.05) is 29.8 Å². The number of aryl methyl sites for hydroxylation is 1. The Hall–Kier alpha value is -2.04. The summed E-state index contributed by atoms with van der Waals surface area (Å²) in [6.07, 6.45) is 2.62. The van der Waals surface area contributed by atoms with Gasteiger partial charge in [-0.15, -0.1) is 0 Å². The van der Waals surface area contributed by atoms with E-state index in [4.69, 9.17) is 4.74 Å². The van der Waals surface area contributed by atoms with Gasteiger partial charge in [-0.2, -0.15) is 0 Å². The molecular formula is C18H27N3O2. The molecule has 5 nitrogen and oxygen atoms in total. The van der Waals surface area contributed by atoms with E-state index in [2.05, 4.69) is 46.4 Å². The van der Waals surface area contributed by atoms with Crippen molar-refractivity contribution in [3.63, 3.8) is 0 Å². The van der Waals surface area contributed by atoms with E-state index < -0.39 is 0 Å². The second-order valence-electron chi connectivity index (χ2n) is 6.00. The second kappa shape index (κ2) is 8.56. The van der Waals surface area contributed by atoms with Crippen molar-refractivity contribution in [2.75, 3.05) is 33.8 Å². The highest BCUT2D eigenvalue weighted by atomic mass is 16.5. The van der Waals surface area contributed by atoms with E-state index in [1.165, 1.54) is 18.2 Å². The molecule has 0 amide bonds. The third-order valence-corrected chi connectivity index (χ3v) is 4.32. The molecule has 2 rings (SSSR count). The molecule has 0 unspecified atom stereocenters. The Labute approximate surface area is 138 Å². The fourth-order valence-corrected chi connectivity index (χ4v) is 3.01. The van der Waals surface area contributed by atoms with Gasteiger partial charge in [0.2, 0.25) is 0 Å². The standard InChI is InChI=1S/C18H27N3O2/c1-14-5-4-6-15(13-14)7-10-20-18(19-2)21-11-8-16(9-12-21)17(22)23-3/h4-6,13,16H,7-12H2,1-3H3,(H,19,20). The Morgan fingerprint density at radius 3 is 2.74 bits per heavy atom. The molecule has 23 heavy (non-hydrogen) atoms. The fourth-order valence-electron chi connectivity index (χ4n) is 3.01. The average Bonchev–Trinajstić information content (AvgIpc) is 2.58. The minimum absolute atomic E-state index is 0.0293. The molecule has 0 atom stereocenters. The number of benzene rings is 1. The van der Waals surface area contributed by atoms with Crippen LogP contribution >= 0.6 is 0 Å². The molecule has 5 heteroatoms. The number of ether oxygens (including phenoxy) is 1. The number of methoxy groups -OCH3 is 1. The smallest absolute Gasteiger partial charge is 0.308 e. The quantitative estimate of drug-likeness (QED) is 0.524. The maximum Gasteiger partial charge on any atom is 0.308 e. The largest absolute Gasteiger partial charge is 0.469 e. The summed E-state index contributed by atoms with van der Waals surface area (Å²) >= 11 is 0. The first-order chi connectivity index (χ1) is 11.1. The van der Waals surface area contributed by atoms with Crippen LogP contribution in [0.2, 0.25) is 0 Å². The highest BCUT2D eigenvalue weighted by molar-refractivity contribution is 5.80. The van der Waals surface area contributed by atoms with Crippen LogP contribution < -0.4 is 5.32 Å². The zero-order chi connectivity index (χ0) is 16.7. The van der Waals surface area contributed by atoms with Crippen molar-refractivity contribution in [1.82, 2.24) is 10.2 Å². The average molecular weight is 317 g/mol. The van der Waals surface area contributed by atoms with Gasteiger partial charge in [-0.05, 0) is 31.7 Å². The minimum atomic E-state index is -0.0907. The number of hydrogen-bond donors (Lipinski definition) is 1. The third kappa shape index (κ3) is 4.98. The summed E-state index contributed by atoms with van der Waals surface area (Å²) in [4.78, 5) is 18.2. The van der Waals surface area contributed by atoms with E-state index >= 15 is 0 Å². The van der Waals surface area contributed by atoms with Crippen molar-refractivity contribution in [2.45, 2.75) is 26.2 Å². The van der Waals surface area contributed by atoms with Crippen molar-refractivity contribution >= 4 is 11.9 Å². The molecule has 1 saturated heterocycles. The molecule has 0 radical (unpaired) electrons. The van der Waals surface area contributed by atoms with Gasteiger partial charge in [-0.3, -0.25) is 9.79 Å². The van der Waals surface area contributed by atoms with E-state index in [1.807, 2.05) is 0 Å². The maximum atomic E-state index is 11.6. The summed E-state index contributed by atoms with van der Waals surface area (Å²) in [6.45, 7) is 4.64. The summed E-state index contributed by atoms with van der Waals surface area (Å²) in [5.41, 5.74) is 2.62.